The molecule has 0 aliphatic carbocycles. The minimum atomic E-state index is -4.42. The number of thiazole rings is 1. The van der Waals surface area contributed by atoms with Crippen LogP contribution in [0.15, 0.2) is 29.6 Å². The topological polar surface area (TPSA) is 42.0 Å². The fraction of sp³-hybridized carbons (Fsp3) is 0.375. The summed E-state index contributed by atoms with van der Waals surface area (Å²) >= 11 is 1.49. The molecule has 0 bridgehead atoms. The van der Waals surface area contributed by atoms with Gasteiger partial charge in [0.05, 0.1) is 16.3 Å². The SMILES string of the molecule is CC(C)c1csc(CCC(=O)Nc2cccc(C(F)(F)F)c2)n1. The number of benzene rings is 1. The molecule has 124 valence electrons. The van der Waals surface area contributed by atoms with Crippen molar-refractivity contribution >= 4 is 22.9 Å². The lowest BCUT2D eigenvalue weighted by atomic mass is 10.2. The highest BCUT2D eigenvalue weighted by Gasteiger charge is 2.30. The van der Waals surface area contributed by atoms with Crippen molar-refractivity contribution < 1.29 is 18.0 Å². The van der Waals surface area contributed by atoms with E-state index in [1.54, 1.807) is 0 Å². The molecule has 1 aromatic carbocycles. The van der Waals surface area contributed by atoms with Gasteiger partial charge in [-0.3, -0.25) is 4.79 Å². The van der Waals surface area contributed by atoms with Crippen LogP contribution in [-0.2, 0) is 17.4 Å². The van der Waals surface area contributed by atoms with Crippen molar-refractivity contribution in [2.45, 2.75) is 38.8 Å². The fourth-order valence-electron chi connectivity index (χ4n) is 1.92. The highest BCUT2D eigenvalue weighted by Crippen LogP contribution is 2.30. The smallest absolute Gasteiger partial charge is 0.326 e. The first-order chi connectivity index (χ1) is 10.8. The number of anilines is 1. The molecule has 0 saturated heterocycles. The largest absolute Gasteiger partial charge is 0.416 e. The number of aryl methyl sites for hydroxylation is 1. The number of hydrogen-bond acceptors (Lipinski definition) is 3. The zero-order valence-corrected chi connectivity index (χ0v) is 13.6. The molecule has 0 radical (unpaired) electrons. The van der Waals surface area contributed by atoms with E-state index in [4.69, 9.17) is 0 Å². The van der Waals surface area contributed by atoms with Crippen LogP contribution in [0.4, 0.5) is 18.9 Å². The standard InChI is InChI=1S/C16H17F3N2OS/c1-10(2)13-9-23-15(21-13)7-6-14(22)20-12-5-3-4-11(8-12)16(17,18)19/h3-5,8-10H,6-7H2,1-2H3,(H,20,22). The number of nitrogens with zero attached hydrogens (tertiary/aromatic N) is 1. The Morgan fingerprint density at radius 2 is 2.09 bits per heavy atom. The Labute approximate surface area is 136 Å². The maximum atomic E-state index is 12.6. The lowest BCUT2D eigenvalue weighted by Crippen LogP contribution is -2.13. The summed E-state index contributed by atoms with van der Waals surface area (Å²) in [7, 11) is 0. The monoisotopic (exact) mass is 342 g/mol. The molecule has 2 rings (SSSR count). The van der Waals surface area contributed by atoms with E-state index in [0.29, 0.717) is 12.3 Å². The molecule has 2 aromatic rings. The van der Waals surface area contributed by atoms with E-state index in [1.807, 2.05) is 19.2 Å². The number of nitrogens with one attached hydrogen (secondary N) is 1. The van der Waals surface area contributed by atoms with Crippen LogP contribution in [0.25, 0.3) is 0 Å². The molecule has 1 heterocycles. The van der Waals surface area contributed by atoms with Crippen LogP contribution >= 0.6 is 11.3 Å². The molecule has 7 heteroatoms. The predicted octanol–water partition coefficient (Wildman–Crippen LogP) is 4.86. The molecule has 0 spiro atoms. The molecule has 23 heavy (non-hydrogen) atoms. The van der Waals surface area contributed by atoms with Crippen molar-refractivity contribution in [3.8, 4) is 0 Å². The highest BCUT2D eigenvalue weighted by molar-refractivity contribution is 7.09. The van der Waals surface area contributed by atoms with Crippen LogP contribution in [0.2, 0.25) is 0 Å². The Morgan fingerprint density at radius 3 is 2.70 bits per heavy atom. The number of aromatic nitrogens is 1. The van der Waals surface area contributed by atoms with Gasteiger partial charge in [0, 0.05) is 23.9 Å². The van der Waals surface area contributed by atoms with Gasteiger partial charge in [0.15, 0.2) is 0 Å². The summed E-state index contributed by atoms with van der Waals surface area (Å²) in [5.74, 6) is 0.00422. The summed E-state index contributed by atoms with van der Waals surface area (Å²) in [5.41, 5.74) is 0.354. The number of amides is 1. The van der Waals surface area contributed by atoms with Gasteiger partial charge < -0.3 is 5.32 Å². The lowest BCUT2D eigenvalue weighted by molar-refractivity contribution is -0.137. The molecule has 0 saturated carbocycles. The summed E-state index contributed by atoms with van der Waals surface area (Å²) in [6, 6.07) is 4.61. The van der Waals surface area contributed by atoms with Gasteiger partial charge in [-0.05, 0) is 24.1 Å². The van der Waals surface area contributed by atoms with E-state index >= 15 is 0 Å². The summed E-state index contributed by atoms with van der Waals surface area (Å²) in [6.07, 6.45) is -3.77. The molecule has 1 N–H and O–H groups in total. The van der Waals surface area contributed by atoms with Crippen LogP contribution in [0, 0.1) is 0 Å². The Bertz CT molecular complexity index is 680. The van der Waals surface area contributed by atoms with Crippen molar-refractivity contribution in [1.82, 2.24) is 4.98 Å². The fourth-order valence-corrected chi connectivity index (χ4v) is 2.88. The minimum absolute atomic E-state index is 0.145. The van der Waals surface area contributed by atoms with E-state index in [-0.39, 0.29) is 18.0 Å². The number of halogens is 3. The molecule has 0 aliphatic heterocycles. The summed E-state index contributed by atoms with van der Waals surface area (Å²) < 4.78 is 37.9. The minimum Gasteiger partial charge on any atom is -0.326 e. The van der Waals surface area contributed by atoms with Crippen molar-refractivity contribution in [2.75, 3.05) is 5.32 Å². The van der Waals surface area contributed by atoms with Gasteiger partial charge in [-0.25, -0.2) is 4.98 Å². The molecule has 0 aliphatic rings. The molecule has 1 aromatic heterocycles. The highest BCUT2D eigenvalue weighted by atomic mass is 32.1. The number of carbonyl (C=O) groups is 1. The second-order valence-electron chi connectivity index (χ2n) is 5.45. The van der Waals surface area contributed by atoms with Crippen molar-refractivity contribution in [3.05, 3.63) is 45.9 Å². The Balaban J connectivity index is 1.92. The molecular formula is C16H17F3N2OS. The van der Waals surface area contributed by atoms with Crippen molar-refractivity contribution in [1.29, 1.82) is 0 Å². The lowest BCUT2D eigenvalue weighted by Gasteiger charge is -2.09. The third-order valence-corrected chi connectivity index (χ3v) is 4.13. The van der Waals surface area contributed by atoms with Crippen LogP contribution in [0.3, 0.4) is 0 Å². The predicted molar refractivity (Wildman–Crippen MR) is 84.6 cm³/mol. The average Bonchev–Trinajstić information content (AvgIpc) is 2.94. The molecule has 3 nitrogen and oxygen atoms in total. The van der Waals surface area contributed by atoms with Gasteiger partial charge in [0.1, 0.15) is 0 Å². The van der Waals surface area contributed by atoms with Crippen molar-refractivity contribution in [3.63, 3.8) is 0 Å². The van der Waals surface area contributed by atoms with Gasteiger partial charge in [-0.1, -0.05) is 19.9 Å². The Kier molecular flexibility index (Phi) is 5.41. The Morgan fingerprint density at radius 1 is 1.35 bits per heavy atom. The number of hydrogen-bond donors (Lipinski definition) is 1. The molecule has 1 amide bonds. The van der Waals surface area contributed by atoms with E-state index in [1.165, 1.54) is 23.5 Å². The van der Waals surface area contributed by atoms with Crippen molar-refractivity contribution in [2.24, 2.45) is 0 Å². The number of carbonyl (C=O) groups excluding carboxylic acids is 1. The summed E-state index contributed by atoms with van der Waals surface area (Å²) in [5, 5.41) is 5.31. The van der Waals surface area contributed by atoms with Crippen LogP contribution in [0.5, 0.6) is 0 Å². The van der Waals surface area contributed by atoms with Gasteiger partial charge >= 0.3 is 6.18 Å². The van der Waals surface area contributed by atoms with E-state index in [9.17, 15) is 18.0 Å². The third kappa shape index (κ3) is 5.06. The number of rotatable bonds is 5. The average molecular weight is 342 g/mol. The number of alkyl halides is 3. The maximum Gasteiger partial charge on any atom is 0.416 e. The van der Waals surface area contributed by atoms with Crippen LogP contribution in [0.1, 0.15) is 42.5 Å². The molecular weight excluding hydrogens is 325 g/mol. The zero-order valence-electron chi connectivity index (χ0n) is 12.8. The quantitative estimate of drug-likeness (QED) is 0.843. The van der Waals surface area contributed by atoms with Gasteiger partial charge in [-0.2, -0.15) is 13.2 Å². The van der Waals surface area contributed by atoms with Gasteiger partial charge in [0.25, 0.3) is 0 Å². The zero-order chi connectivity index (χ0) is 17.0. The second kappa shape index (κ2) is 7.12. The van der Waals surface area contributed by atoms with E-state index in [2.05, 4.69) is 10.3 Å². The molecule has 0 atom stereocenters. The van der Waals surface area contributed by atoms with Gasteiger partial charge in [0.2, 0.25) is 5.91 Å². The molecule has 0 unspecified atom stereocenters. The maximum absolute atomic E-state index is 12.6. The van der Waals surface area contributed by atoms with Crippen LogP contribution in [-0.4, -0.2) is 10.9 Å². The first-order valence-corrected chi connectivity index (χ1v) is 8.05. The van der Waals surface area contributed by atoms with Crippen LogP contribution < -0.4 is 5.32 Å². The van der Waals surface area contributed by atoms with E-state index < -0.39 is 11.7 Å². The summed E-state index contributed by atoms with van der Waals surface area (Å²) in [4.78, 5) is 16.3. The first kappa shape index (κ1) is 17.5. The molecule has 0 fully saturated rings. The normalized spacial score (nSPS) is 11.7. The third-order valence-electron chi connectivity index (χ3n) is 3.20. The Hall–Kier alpha value is -1.89. The van der Waals surface area contributed by atoms with Gasteiger partial charge in [-0.15, -0.1) is 11.3 Å². The van der Waals surface area contributed by atoms with E-state index in [0.717, 1.165) is 22.8 Å². The first-order valence-electron chi connectivity index (χ1n) is 7.17. The second-order valence-corrected chi connectivity index (χ2v) is 6.39. The summed E-state index contributed by atoms with van der Waals surface area (Å²) in [6.45, 7) is 4.08.